The van der Waals surface area contributed by atoms with Gasteiger partial charge < -0.3 is 14.7 Å². The SMILES string of the molecule is CCCN(CCC)C(=O)c1cccc(C(=O)N2CCN(c3ccccc3)CC2)c1. The summed E-state index contributed by atoms with van der Waals surface area (Å²) >= 11 is 0. The summed E-state index contributed by atoms with van der Waals surface area (Å²) in [5.41, 5.74) is 2.39. The van der Waals surface area contributed by atoms with Crippen LogP contribution in [0, 0.1) is 0 Å². The van der Waals surface area contributed by atoms with Crippen LogP contribution in [0.5, 0.6) is 0 Å². The number of anilines is 1. The van der Waals surface area contributed by atoms with Crippen molar-refractivity contribution in [3.8, 4) is 0 Å². The van der Waals surface area contributed by atoms with Gasteiger partial charge in [-0.15, -0.1) is 0 Å². The van der Waals surface area contributed by atoms with Gasteiger partial charge in [-0.05, 0) is 43.2 Å². The van der Waals surface area contributed by atoms with E-state index in [1.807, 2.05) is 46.2 Å². The summed E-state index contributed by atoms with van der Waals surface area (Å²) in [5.74, 6) is 0.0159. The van der Waals surface area contributed by atoms with E-state index in [2.05, 4.69) is 30.9 Å². The minimum atomic E-state index is 0.00453. The Labute approximate surface area is 173 Å². The number of amides is 2. The molecular formula is C24H31N3O2. The lowest BCUT2D eigenvalue weighted by molar-refractivity contribution is 0.0746. The molecule has 1 heterocycles. The summed E-state index contributed by atoms with van der Waals surface area (Å²) in [7, 11) is 0. The van der Waals surface area contributed by atoms with E-state index in [1.165, 1.54) is 5.69 Å². The summed E-state index contributed by atoms with van der Waals surface area (Å²) in [4.78, 5) is 32.0. The van der Waals surface area contributed by atoms with Crippen LogP contribution in [-0.4, -0.2) is 60.9 Å². The molecular weight excluding hydrogens is 362 g/mol. The molecule has 2 amide bonds. The molecule has 1 aliphatic heterocycles. The monoisotopic (exact) mass is 393 g/mol. The van der Waals surface area contributed by atoms with Crippen molar-refractivity contribution >= 4 is 17.5 Å². The van der Waals surface area contributed by atoms with Gasteiger partial charge in [0.15, 0.2) is 0 Å². The van der Waals surface area contributed by atoms with Gasteiger partial charge in [-0.2, -0.15) is 0 Å². The maximum atomic E-state index is 13.0. The lowest BCUT2D eigenvalue weighted by Gasteiger charge is -2.36. The summed E-state index contributed by atoms with van der Waals surface area (Å²) in [5, 5.41) is 0. The second-order valence-corrected chi connectivity index (χ2v) is 7.49. The number of hydrogen-bond donors (Lipinski definition) is 0. The topological polar surface area (TPSA) is 43.9 Å². The van der Waals surface area contributed by atoms with Gasteiger partial charge in [0, 0.05) is 56.1 Å². The van der Waals surface area contributed by atoms with E-state index in [-0.39, 0.29) is 11.8 Å². The number of nitrogens with zero attached hydrogens (tertiary/aromatic N) is 3. The van der Waals surface area contributed by atoms with Crippen molar-refractivity contribution in [2.45, 2.75) is 26.7 Å². The largest absolute Gasteiger partial charge is 0.368 e. The standard InChI is InChI=1S/C24H31N3O2/c1-3-13-26(14-4-2)23(28)20-9-8-10-21(19-20)24(29)27-17-15-25(16-18-27)22-11-6-5-7-12-22/h5-12,19H,3-4,13-18H2,1-2H3. The van der Waals surface area contributed by atoms with Crippen LogP contribution in [0.3, 0.4) is 0 Å². The van der Waals surface area contributed by atoms with Gasteiger partial charge in [0.2, 0.25) is 0 Å². The zero-order valence-electron chi connectivity index (χ0n) is 17.5. The Balaban J connectivity index is 1.66. The van der Waals surface area contributed by atoms with Crippen LogP contribution in [0.4, 0.5) is 5.69 Å². The first-order valence-electron chi connectivity index (χ1n) is 10.6. The van der Waals surface area contributed by atoms with Crippen molar-refractivity contribution in [2.75, 3.05) is 44.2 Å². The van der Waals surface area contributed by atoms with E-state index in [0.29, 0.717) is 24.2 Å². The molecule has 0 radical (unpaired) electrons. The van der Waals surface area contributed by atoms with E-state index in [1.54, 1.807) is 6.07 Å². The van der Waals surface area contributed by atoms with E-state index in [4.69, 9.17) is 0 Å². The van der Waals surface area contributed by atoms with Crippen molar-refractivity contribution < 1.29 is 9.59 Å². The van der Waals surface area contributed by atoms with Crippen LogP contribution in [0.25, 0.3) is 0 Å². The fourth-order valence-electron chi connectivity index (χ4n) is 3.81. The second kappa shape index (κ2) is 10.1. The summed E-state index contributed by atoms with van der Waals surface area (Å²) in [6.07, 6.45) is 1.85. The molecule has 0 N–H and O–H groups in total. The van der Waals surface area contributed by atoms with Crippen molar-refractivity contribution in [1.82, 2.24) is 9.80 Å². The third-order valence-corrected chi connectivity index (χ3v) is 5.32. The van der Waals surface area contributed by atoms with Crippen molar-refractivity contribution in [3.05, 3.63) is 65.7 Å². The first-order valence-corrected chi connectivity index (χ1v) is 10.6. The second-order valence-electron chi connectivity index (χ2n) is 7.49. The predicted octanol–water partition coefficient (Wildman–Crippen LogP) is 3.91. The van der Waals surface area contributed by atoms with Gasteiger partial charge in [-0.1, -0.05) is 38.1 Å². The fraction of sp³-hybridized carbons (Fsp3) is 0.417. The van der Waals surface area contributed by atoms with Gasteiger partial charge in [0.25, 0.3) is 11.8 Å². The molecule has 1 fully saturated rings. The van der Waals surface area contributed by atoms with E-state index >= 15 is 0 Å². The quantitative estimate of drug-likeness (QED) is 0.716. The molecule has 0 spiro atoms. The molecule has 0 saturated carbocycles. The van der Waals surface area contributed by atoms with Gasteiger partial charge in [0.05, 0.1) is 0 Å². The van der Waals surface area contributed by atoms with E-state index in [0.717, 1.165) is 39.0 Å². The molecule has 0 aromatic heterocycles. The average molecular weight is 394 g/mol. The number of carbonyl (C=O) groups excluding carboxylic acids is 2. The van der Waals surface area contributed by atoms with Gasteiger partial charge in [-0.3, -0.25) is 9.59 Å². The van der Waals surface area contributed by atoms with Crippen LogP contribution < -0.4 is 4.90 Å². The third-order valence-electron chi connectivity index (χ3n) is 5.32. The minimum Gasteiger partial charge on any atom is -0.368 e. The molecule has 5 nitrogen and oxygen atoms in total. The van der Waals surface area contributed by atoms with Crippen molar-refractivity contribution in [1.29, 1.82) is 0 Å². The van der Waals surface area contributed by atoms with E-state index < -0.39 is 0 Å². The number of benzene rings is 2. The highest BCUT2D eigenvalue weighted by Gasteiger charge is 2.23. The molecule has 0 unspecified atom stereocenters. The smallest absolute Gasteiger partial charge is 0.253 e. The maximum absolute atomic E-state index is 13.0. The molecule has 3 rings (SSSR count). The lowest BCUT2D eigenvalue weighted by Crippen LogP contribution is -2.48. The first kappa shape index (κ1) is 20.9. The predicted molar refractivity (Wildman–Crippen MR) is 117 cm³/mol. The molecule has 0 atom stereocenters. The van der Waals surface area contributed by atoms with Gasteiger partial charge in [0.1, 0.15) is 0 Å². The van der Waals surface area contributed by atoms with Crippen LogP contribution in [-0.2, 0) is 0 Å². The molecule has 29 heavy (non-hydrogen) atoms. The summed E-state index contributed by atoms with van der Waals surface area (Å²) in [6.45, 7) is 8.63. The molecule has 0 aliphatic carbocycles. The van der Waals surface area contributed by atoms with Crippen molar-refractivity contribution in [3.63, 3.8) is 0 Å². The Kier molecular flexibility index (Phi) is 7.28. The van der Waals surface area contributed by atoms with Crippen LogP contribution >= 0.6 is 0 Å². The molecule has 0 bridgehead atoms. The Morgan fingerprint density at radius 1 is 0.828 bits per heavy atom. The Hall–Kier alpha value is -2.82. The molecule has 2 aromatic carbocycles. The minimum absolute atomic E-state index is 0.00453. The van der Waals surface area contributed by atoms with Crippen LogP contribution in [0.1, 0.15) is 47.4 Å². The molecule has 2 aromatic rings. The molecule has 154 valence electrons. The highest BCUT2D eigenvalue weighted by atomic mass is 16.2. The zero-order chi connectivity index (χ0) is 20.6. The highest BCUT2D eigenvalue weighted by Crippen LogP contribution is 2.18. The lowest BCUT2D eigenvalue weighted by atomic mass is 10.1. The molecule has 5 heteroatoms. The van der Waals surface area contributed by atoms with E-state index in [9.17, 15) is 9.59 Å². The van der Waals surface area contributed by atoms with Gasteiger partial charge >= 0.3 is 0 Å². The van der Waals surface area contributed by atoms with Crippen molar-refractivity contribution in [2.24, 2.45) is 0 Å². The number of piperazine rings is 1. The average Bonchev–Trinajstić information content (AvgIpc) is 2.79. The fourth-order valence-corrected chi connectivity index (χ4v) is 3.81. The zero-order valence-corrected chi connectivity index (χ0v) is 17.5. The summed E-state index contributed by atoms with van der Waals surface area (Å²) in [6, 6.07) is 17.5. The Bertz CT molecular complexity index is 808. The normalized spacial score (nSPS) is 14.0. The first-order chi connectivity index (χ1) is 14.1. The Morgan fingerprint density at radius 3 is 2.07 bits per heavy atom. The Morgan fingerprint density at radius 2 is 1.45 bits per heavy atom. The van der Waals surface area contributed by atoms with Crippen LogP contribution in [0.15, 0.2) is 54.6 Å². The number of para-hydroxylation sites is 1. The van der Waals surface area contributed by atoms with Crippen LogP contribution in [0.2, 0.25) is 0 Å². The number of hydrogen-bond acceptors (Lipinski definition) is 3. The summed E-state index contributed by atoms with van der Waals surface area (Å²) < 4.78 is 0. The molecule has 1 aliphatic rings. The maximum Gasteiger partial charge on any atom is 0.253 e. The number of carbonyl (C=O) groups is 2. The third kappa shape index (κ3) is 5.17. The highest BCUT2D eigenvalue weighted by molar-refractivity contribution is 5.99. The van der Waals surface area contributed by atoms with Gasteiger partial charge in [-0.25, -0.2) is 0 Å². The number of rotatable bonds is 7. The molecule has 1 saturated heterocycles.